The van der Waals surface area contributed by atoms with Gasteiger partial charge in [-0.25, -0.2) is 0 Å². The highest BCUT2D eigenvalue weighted by Gasteiger charge is 2.72. The molecule has 0 bridgehead atoms. The summed E-state index contributed by atoms with van der Waals surface area (Å²) in [5.41, 5.74) is -1.12. The number of hydrogen-bond donors (Lipinski definition) is 12. The van der Waals surface area contributed by atoms with Crippen molar-refractivity contribution in [3.05, 3.63) is 11.6 Å². The van der Waals surface area contributed by atoms with E-state index in [4.69, 9.17) is 28.4 Å². The van der Waals surface area contributed by atoms with Crippen LogP contribution in [-0.4, -0.2) is 191 Å². The van der Waals surface area contributed by atoms with Crippen LogP contribution in [0.15, 0.2) is 11.6 Å². The molecule has 18 heteroatoms. The molecule has 0 aromatic rings. The van der Waals surface area contributed by atoms with Crippen molar-refractivity contribution < 1.29 is 89.7 Å². The van der Waals surface area contributed by atoms with Crippen LogP contribution in [0.5, 0.6) is 0 Å². The van der Waals surface area contributed by atoms with Crippen LogP contribution >= 0.6 is 0 Å². The van der Waals surface area contributed by atoms with Crippen molar-refractivity contribution in [2.24, 2.45) is 45.3 Å². The average Bonchev–Trinajstić information content (AvgIpc) is 3.65. The van der Waals surface area contributed by atoms with Gasteiger partial charge in [0, 0.05) is 0 Å². The number of ether oxygens (including phenoxy) is 6. The van der Waals surface area contributed by atoms with Crippen molar-refractivity contribution in [1.29, 1.82) is 0 Å². The summed E-state index contributed by atoms with van der Waals surface area (Å²) >= 11 is 0. The first-order valence-electron chi connectivity index (χ1n) is 24.4. The molecular formula is C48H82O18. The predicted octanol–water partition coefficient (Wildman–Crippen LogP) is -0.0268. The molecule has 12 N–H and O–H groups in total. The summed E-state index contributed by atoms with van der Waals surface area (Å²) in [6.07, 6.45) is -15.4. The fourth-order valence-corrected chi connectivity index (χ4v) is 14.9. The van der Waals surface area contributed by atoms with E-state index < -0.39 is 135 Å². The van der Waals surface area contributed by atoms with Crippen molar-refractivity contribution in [3.63, 3.8) is 0 Å². The van der Waals surface area contributed by atoms with E-state index in [2.05, 4.69) is 40.7 Å². The first-order chi connectivity index (χ1) is 30.8. The molecule has 7 rings (SSSR count). The maximum absolute atomic E-state index is 12.7. The molecule has 4 saturated carbocycles. The molecule has 7 aliphatic rings. The van der Waals surface area contributed by atoms with Gasteiger partial charge in [0.25, 0.3) is 0 Å². The van der Waals surface area contributed by atoms with E-state index >= 15 is 0 Å². The van der Waals surface area contributed by atoms with Gasteiger partial charge in [0.05, 0.1) is 37.6 Å². The minimum Gasteiger partial charge on any atom is -0.394 e. The molecule has 4 aliphatic carbocycles. The fraction of sp³-hybridized carbons (Fsp3) is 0.958. The topological polar surface area (TPSA) is 298 Å². The molecule has 66 heavy (non-hydrogen) atoms. The lowest BCUT2D eigenvalue weighted by molar-refractivity contribution is -0.378. The lowest BCUT2D eigenvalue weighted by Crippen LogP contribution is -2.68. The summed E-state index contributed by atoms with van der Waals surface area (Å²) in [4.78, 5) is 0. The Hall–Kier alpha value is -0.980. The Morgan fingerprint density at radius 3 is 1.71 bits per heavy atom. The van der Waals surface area contributed by atoms with Gasteiger partial charge in [0.1, 0.15) is 73.2 Å². The number of aliphatic hydroxyl groups is 12. The number of rotatable bonds is 13. The third-order valence-electron chi connectivity index (χ3n) is 18.8. The van der Waals surface area contributed by atoms with Crippen LogP contribution in [0.3, 0.4) is 0 Å². The second kappa shape index (κ2) is 19.6. The third kappa shape index (κ3) is 8.79. The van der Waals surface area contributed by atoms with Crippen LogP contribution in [0.25, 0.3) is 0 Å². The predicted molar refractivity (Wildman–Crippen MR) is 234 cm³/mol. The van der Waals surface area contributed by atoms with E-state index in [9.17, 15) is 61.3 Å². The molecular weight excluding hydrogens is 865 g/mol. The lowest BCUT2D eigenvalue weighted by atomic mass is 9.35. The zero-order valence-corrected chi connectivity index (χ0v) is 40.0. The van der Waals surface area contributed by atoms with Crippen LogP contribution in [0, 0.1) is 45.3 Å². The van der Waals surface area contributed by atoms with Crippen molar-refractivity contribution in [1.82, 2.24) is 0 Å². The Labute approximate surface area is 388 Å². The summed E-state index contributed by atoms with van der Waals surface area (Å²) in [6, 6.07) is 0. The summed E-state index contributed by atoms with van der Waals surface area (Å²) < 4.78 is 37.2. The quantitative estimate of drug-likeness (QED) is 0.0853. The fourth-order valence-electron chi connectivity index (χ4n) is 14.9. The SMILES string of the molecule is CC(C)=CCC[C@](C)(O[C@@H]1O[C@H](CO)[C@@H](O)[C@H](O)[C@H]1O)[C@H]1CC[C@]2(C)[C@@H]1[C@H](O)C[C@@H]1[C@@]3(C)CC[C@H](O[C@H]4O[C@@H](CO)[C@H](O)[C@@H](O)[C@@H]4O[C@H]4O[C@@H](CO)[C@H](O)[C@@H](O)[C@@H]4O)C(C)(C)[C@H]3CC[C@]12C. The zero-order chi connectivity index (χ0) is 48.6. The van der Waals surface area contributed by atoms with E-state index in [0.717, 1.165) is 37.7 Å². The van der Waals surface area contributed by atoms with Crippen LogP contribution in [0.2, 0.25) is 0 Å². The Bertz CT molecular complexity index is 1680. The van der Waals surface area contributed by atoms with Crippen LogP contribution < -0.4 is 0 Å². The van der Waals surface area contributed by atoms with E-state index in [-0.39, 0.29) is 39.9 Å². The molecule has 0 spiro atoms. The Balaban J connectivity index is 1.13. The third-order valence-corrected chi connectivity index (χ3v) is 18.8. The Morgan fingerprint density at radius 1 is 0.606 bits per heavy atom. The first kappa shape index (κ1) is 52.8. The van der Waals surface area contributed by atoms with Crippen molar-refractivity contribution in [3.8, 4) is 0 Å². The maximum Gasteiger partial charge on any atom is 0.187 e. The number of allylic oxidation sites excluding steroid dienone is 2. The largest absolute Gasteiger partial charge is 0.394 e. The van der Waals surface area contributed by atoms with Crippen molar-refractivity contribution >= 4 is 0 Å². The molecule has 3 saturated heterocycles. The molecule has 0 unspecified atom stereocenters. The molecule has 3 aliphatic heterocycles. The lowest BCUT2D eigenvalue weighted by Gasteiger charge is -2.71. The van der Waals surface area contributed by atoms with Gasteiger partial charge in [0.15, 0.2) is 18.9 Å². The summed E-state index contributed by atoms with van der Waals surface area (Å²) in [7, 11) is 0. The molecule has 18 nitrogen and oxygen atoms in total. The number of aliphatic hydroxyl groups excluding tert-OH is 12. The van der Waals surface area contributed by atoms with Gasteiger partial charge >= 0.3 is 0 Å². The van der Waals surface area contributed by atoms with Gasteiger partial charge in [-0.05, 0) is 124 Å². The summed E-state index contributed by atoms with van der Waals surface area (Å²) in [5.74, 6) is -0.151. The van der Waals surface area contributed by atoms with Gasteiger partial charge in [-0.2, -0.15) is 0 Å². The number of hydrogen-bond acceptors (Lipinski definition) is 18. The molecule has 0 aromatic heterocycles. The highest BCUT2D eigenvalue weighted by atomic mass is 16.8. The highest BCUT2D eigenvalue weighted by Crippen LogP contribution is 2.76. The molecule has 0 radical (unpaired) electrons. The second-order valence-electron chi connectivity index (χ2n) is 22.9. The normalized spacial score (nSPS) is 52.4. The standard InChI is InChI=1S/C48H82O18/c1-22(2)10-9-14-48(8,66-42-39(60)36(57)33(54)26(20-50)62-42)23-11-16-47(7)31(23)24(52)18-29-45(5)15-13-30(44(3,4)28(45)12-17-46(29,47)6)64-43-40(37(58)34(55)27(21-51)63-43)65-41-38(59)35(56)32(53)25(19-49)61-41/h10,23-43,49-60H,9,11-21H2,1-8H3/t23-,24+,25-,26+,27-,28+,29+,30-,31-,32-,33+,34-,35+,36-,37+,38-,39+,40-,41+,42-,43+,45-,46+,47+,48-/m0/s1. The minimum atomic E-state index is -1.79. The van der Waals surface area contributed by atoms with Crippen molar-refractivity contribution in [2.45, 2.75) is 223 Å². The minimum absolute atomic E-state index is 0.0905. The van der Waals surface area contributed by atoms with E-state index in [1.54, 1.807) is 0 Å². The molecule has 0 amide bonds. The monoisotopic (exact) mass is 947 g/mol. The van der Waals surface area contributed by atoms with Gasteiger partial charge in [-0.1, -0.05) is 46.3 Å². The first-order valence-corrected chi connectivity index (χ1v) is 24.4. The van der Waals surface area contributed by atoms with E-state index in [1.807, 2.05) is 20.8 Å². The second-order valence-corrected chi connectivity index (χ2v) is 22.9. The highest BCUT2D eigenvalue weighted by molar-refractivity contribution is 5.20. The van der Waals surface area contributed by atoms with Crippen LogP contribution in [0.1, 0.15) is 113 Å². The van der Waals surface area contributed by atoms with Crippen molar-refractivity contribution in [2.75, 3.05) is 19.8 Å². The van der Waals surface area contributed by atoms with Gasteiger partial charge in [-0.3, -0.25) is 0 Å². The molecule has 25 atom stereocenters. The Morgan fingerprint density at radius 2 is 1.14 bits per heavy atom. The van der Waals surface area contributed by atoms with Gasteiger partial charge in [-0.15, -0.1) is 0 Å². The number of fused-ring (bicyclic) bond motifs is 5. The molecule has 3 heterocycles. The van der Waals surface area contributed by atoms with E-state index in [0.29, 0.717) is 25.7 Å². The molecule has 0 aromatic carbocycles. The summed E-state index contributed by atoms with van der Waals surface area (Å²) in [6.45, 7) is 15.5. The van der Waals surface area contributed by atoms with E-state index in [1.165, 1.54) is 0 Å². The summed E-state index contributed by atoms with van der Waals surface area (Å²) in [5, 5.41) is 129. The molecule has 7 fully saturated rings. The van der Waals surface area contributed by atoms with Crippen LogP contribution in [-0.2, 0) is 28.4 Å². The zero-order valence-electron chi connectivity index (χ0n) is 40.0. The van der Waals surface area contributed by atoms with Gasteiger partial charge in [0.2, 0.25) is 0 Å². The molecule has 382 valence electrons. The smallest absolute Gasteiger partial charge is 0.187 e. The Kier molecular flexibility index (Phi) is 15.7. The van der Waals surface area contributed by atoms with Crippen LogP contribution in [0.4, 0.5) is 0 Å². The van der Waals surface area contributed by atoms with Gasteiger partial charge < -0.3 is 89.7 Å². The maximum atomic E-state index is 12.7. The average molecular weight is 947 g/mol.